The Morgan fingerprint density at radius 2 is 1.80 bits per heavy atom. The van der Waals surface area contributed by atoms with Crippen molar-refractivity contribution in [3.8, 4) is 0 Å². The van der Waals surface area contributed by atoms with E-state index in [0.717, 1.165) is 0 Å². The molecule has 0 atom stereocenters. The van der Waals surface area contributed by atoms with Crippen LogP contribution >= 0.6 is 0 Å². The molecular weight excluding hydrogens is 196 g/mol. The second-order valence-electron chi connectivity index (χ2n) is 2.77. The standard InChI is InChI=1S/C10H16N2O3/c1-3-6-12(7-4-2)10(15)9(14)11-5-8-13/h3-4,13H,1-2,5-8H2,(H,11,14). The molecule has 0 fully saturated rings. The third-order valence-corrected chi connectivity index (χ3v) is 1.58. The lowest BCUT2D eigenvalue weighted by atomic mass is 10.4. The summed E-state index contributed by atoms with van der Waals surface area (Å²) in [6, 6.07) is 0. The topological polar surface area (TPSA) is 69.6 Å². The molecular formula is C10H16N2O3. The van der Waals surface area contributed by atoms with E-state index in [2.05, 4.69) is 18.5 Å². The number of hydrogen-bond acceptors (Lipinski definition) is 3. The molecule has 0 saturated carbocycles. The summed E-state index contributed by atoms with van der Waals surface area (Å²) < 4.78 is 0. The lowest BCUT2D eigenvalue weighted by Gasteiger charge is -2.18. The molecule has 0 heterocycles. The Labute approximate surface area is 89.1 Å². The summed E-state index contributed by atoms with van der Waals surface area (Å²) in [6.45, 7) is 7.43. The third-order valence-electron chi connectivity index (χ3n) is 1.58. The maximum atomic E-state index is 11.5. The predicted octanol–water partition coefficient (Wildman–Crippen LogP) is -0.704. The zero-order chi connectivity index (χ0) is 11.7. The highest BCUT2D eigenvalue weighted by molar-refractivity contribution is 6.35. The van der Waals surface area contributed by atoms with E-state index in [-0.39, 0.29) is 26.2 Å². The quantitative estimate of drug-likeness (QED) is 0.451. The summed E-state index contributed by atoms with van der Waals surface area (Å²) in [5.41, 5.74) is 0. The number of nitrogens with zero attached hydrogens (tertiary/aromatic N) is 1. The number of aliphatic hydroxyl groups excluding tert-OH is 1. The van der Waals surface area contributed by atoms with Crippen LogP contribution in [0, 0.1) is 0 Å². The normalized spacial score (nSPS) is 9.13. The van der Waals surface area contributed by atoms with E-state index in [1.54, 1.807) is 0 Å². The highest BCUT2D eigenvalue weighted by Crippen LogP contribution is 1.91. The Balaban J connectivity index is 4.27. The first-order chi connectivity index (χ1) is 7.17. The molecule has 15 heavy (non-hydrogen) atoms. The van der Waals surface area contributed by atoms with Gasteiger partial charge in [0.2, 0.25) is 0 Å². The van der Waals surface area contributed by atoms with Crippen LogP contribution in [0.2, 0.25) is 0 Å². The van der Waals surface area contributed by atoms with E-state index in [1.807, 2.05) is 0 Å². The van der Waals surface area contributed by atoms with Crippen molar-refractivity contribution in [3.63, 3.8) is 0 Å². The number of carbonyl (C=O) groups excluding carboxylic acids is 2. The van der Waals surface area contributed by atoms with Crippen LogP contribution in [0.25, 0.3) is 0 Å². The molecule has 0 saturated heterocycles. The van der Waals surface area contributed by atoms with Crippen molar-refractivity contribution in [2.24, 2.45) is 0 Å². The van der Waals surface area contributed by atoms with Crippen LogP contribution in [-0.4, -0.2) is 48.1 Å². The van der Waals surface area contributed by atoms with Gasteiger partial charge in [0.1, 0.15) is 0 Å². The van der Waals surface area contributed by atoms with Gasteiger partial charge in [0, 0.05) is 19.6 Å². The van der Waals surface area contributed by atoms with Crippen LogP contribution in [0.4, 0.5) is 0 Å². The number of amides is 2. The average molecular weight is 212 g/mol. The molecule has 0 aromatic rings. The van der Waals surface area contributed by atoms with Gasteiger partial charge in [0.25, 0.3) is 0 Å². The fourth-order valence-corrected chi connectivity index (χ4v) is 0.941. The van der Waals surface area contributed by atoms with E-state index in [1.165, 1.54) is 17.1 Å². The minimum absolute atomic E-state index is 0.0700. The Kier molecular flexibility index (Phi) is 6.92. The minimum atomic E-state index is -0.729. The van der Waals surface area contributed by atoms with Crippen molar-refractivity contribution in [1.29, 1.82) is 0 Å². The Morgan fingerprint density at radius 3 is 2.20 bits per heavy atom. The van der Waals surface area contributed by atoms with Crippen molar-refractivity contribution >= 4 is 11.8 Å². The highest BCUT2D eigenvalue weighted by Gasteiger charge is 2.18. The molecule has 0 aliphatic rings. The molecule has 0 aliphatic carbocycles. The Morgan fingerprint density at radius 1 is 1.27 bits per heavy atom. The maximum Gasteiger partial charge on any atom is 0.312 e. The third kappa shape index (κ3) is 4.97. The summed E-state index contributed by atoms with van der Waals surface area (Å²) in [4.78, 5) is 24.0. The van der Waals surface area contributed by atoms with Crippen molar-refractivity contribution < 1.29 is 14.7 Å². The SMILES string of the molecule is C=CCN(CC=C)C(=O)C(=O)NCCO. The predicted molar refractivity (Wildman–Crippen MR) is 57.1 cm³/mol. The summed E-state index contributed by atoms with van der Waals surface area (Å²) in [5.74, 6) is -1.38. The molecule has 0 aromatic heterocycles. The molecule has 0 bridgehead atoms. The molecule has 2 amide bonds. The largest absolute Gasteiger partial charge is 0.395 e. The average Bonchev–Trinajstić information content (AvgIpc) is 2.24. The number of carbonyl (C=O) groups is 2. The molecule has 0 rings (SSSR count). The van der Waals surface area contributed by atoms with E-state index in [0.29, 0.717) is 0 Å². The van der Waals surface area contributed by atoms with E-state index in [4.69, 9.17) is 5.11 Å². The van der Waals surface area contributed by atoms with Gasteiger partial charge in [-0.15, -0.1) is 13.2 Å². The summed E-state index contributed by atoms with van der Waals surface area (Å²) in [5, 5.41) is 10.8. The molecule has 0 aromatic carbocycles. The molecule has 0 radical (unpaired) electrons. The second kappa shape index (κ2) is 7.75. The lowest BCUT2D eigenvalue weighted by molar-refractivity contribution is -0.145. The number of rotatable bonds is 6. The van der Waals surface area contributed by atoms with Gasteiger partial charge >= 0.3 is 11.8 Å². The molecule has 84 valence electrons. The van der Waals surface area contributed by atoms with Gasteiger partial charge in [-0.2, -0.15) is 0 Å². The monoisotopic (exact) mass is 212 g/mol. The van der Waals surface area contributed by atoms with Gasteiger partial charge in [-0.1, -0.05) is 12.2 Å². The van der Waals surface area contributed by atoms with Gasteiger partial charge in [0.05, 0.1) is 6.61 Å². The minimum Gasteiger partial charge on any atom is -0.395 e. The van der Waals surface area contributed by atoms with Crippen LogP contribution in [0.15, 0.2) is 25.3 Å². The smallest absolute Gasteiger partial charge is 0.312 e. The summed E-state index contributed by atoms with van der Waals surface area (Å²) >= 11 is 0. The van der Waals surface area contributed by atoms with Gasteiger partial charge in [-0.25, -0.2) is 0 Å². The fourth-order valence-electron chi connectivity index (χ4n) is 0.941. The molecule has 5 nitrogen and oxygen atoms in total. The van der Waals surface area contributed by atoms with Crippen molar-refractivity contribution in [1.82, 2.24) is 10.2 Å². The second-order valence-corrected chi connectivity index (χ2v) is 2.77. The van der Waals surface area contributed by atoms with Crippen LogP contribution in [0.3, 0.4) is 0 Å². The number of nitrogens with one attached hydrogen (secondary N) is 1. The molecule has 5 heteroatoms. The van der Waals surface area contributed by atoms with Gasteiger partial charge in [0.15, 0.2) is 0 Å². The summed E-state index contributed by atoms with van der Waals surface area (Å²) in [6.07, 6.45) is 3.06. The number of hydrogen-bond donors (Lipinski definition) is 2. The van der Waals surface area contributed by atoms with E-state index >= 15 is 0 Å². The first-order valence-corrected chi connectivity index (χ1v) is 4.57. The van der Waals surface area contributed by atoms with Crippen molar-refractivity contribution in [2.75, 3.05) is 26.2 Å². The molecule has 0 aliphatic heterocycles. The Bertz CT molecular complexity index is 241. The fraction of sp³-hybridized carbons (Fsp3) is 0.400. The van der Waals surface area contributed by atoms with Crippen LogP contribution in [0.1, 0.15) is 0 Å². The van der Waals surface area contributed by atoms with Crippen molar-refractivity contribution in [2.45, 2.75) is 0 Å². The van der Waals surface area contributed by atoms with Crippen LogP contribution in [0.5, 0.6) is 0 Å². The highest BCUT2D eigenvalue weighted by atomic mass is 16.3. The van der Waals surface area contributed by atoms with Crippen molar-refractivity contribution in [3.05, 3.63) is 25.3 Å². The van der Waals surface area contributed by atoms with Gasteiger partial charge in [-0.3, -0.25) is 9.59 Å². The molecule has 0 unspecified atom stereocenters. The maximum absolute atomic E-state index is 11.5. The number of aliphatic hydroxyl groups is 1. The van der Waals surface area contributed by atoms with Gasteiger partial charge < -0.3 is 15.3 Å². The van der Waals surface area contributed by atoms with Crippen LogP contribution < -0.4 is 5.32 Å². The molecule has 0 spiro atoms. The first-order valence-electron chi connectivity index (χ1n) is 4.57. The van der Waals surface area contributed by atoms with Gasteiger partial charge in [-0.05, 0) is 0 Å². The lowest BCUT2D eigenvalue weighted by Crippen LogP contribution is -2.43. The van der Waals surface area contributed by atoms with Crippen LogP contribution in [-0.2, 0) is 9.59 Å². The molecule has 2 N–H and O–H groups in total. The zero-order valence-corrected chi connectivity index (χ0v) is 8.61. The van der Waals surface area contributed by atoms with E-state index in [9.17, 15) is 9.59 Å². The van der Waals surface area contributed by atoms with E-state index < -0.39 is 11.8 Å². The zero-order valence-electron chi connectivity index (χ0n) is 8.61. The Hall–Kier alpha value is -1.62. The first kappa shape index (κ1) is 13.4. The summed E-state index contributed by atoms with van der Waals surface area (Å²) in [7, 11) is 0.